The highest BCUT2D eigenvalue weighted by Gasteiger charge is 2.19. The molecule has 0 aromatic carbocycles. The van der Waals surface area contributed by atoms with Crippen molar-refractivity contribution in [2.24, 2.45) is 5.92 Å². The fourth-order valence-corrected chi connectivity index (χ4v) is 2.62. The van der Waals surface area contributed by atoms with Crippen LogP contribution in [-0.2, 0) is 11.2 Å². The van der Waals surface area contributed by atoms with E-state index in [0.29, 0.717) is 6.54 Å². The molecule has 20 heavy (non-hydrogen) atoms. The zero-order valence-electron chi connectivity index (χ0n) is 12.1. The molecule has 1 aromatic heterocycles. The van der Waals surface area contributed by atoms with E-state index in [9.17, 15) is 9.59 Å². The van der Waals surface area contributed by atoms with Crippen LogP contribution in [0.2, 0.25) is 0 Å². The minimum Gasteiger partial charge on any atom is -0.480 e. The Morgan fingerprint density at radius 2 is 2.10 bits per heavy atom. The van der Waals surface area contributed by atoms with Gasteiger partial charge in [-0.15, -0.1) is 0 Å². The third-order valence-electron chi connectivity index (χ3n) is 2.69. The lowest BCUT2D eigenvalue weighted by Gasteiger charge is -2.25. The van der Waals surface area contributed by atoms with Crippen LogP contribution >= 0.6 is 11.3 Å². The standard InChI is InChI=1S/C14H22N2O3S/c1-10(2)7-16(8-13(17)18)14(19)15-11(3)6-12-4-5-20-9-12/h4-5,9-11H,6-8H2,1-3H3,(H,15,19)(H,17,18). The van der Waals surface area contributed by atoms with Gasteiger partial charge in [-0.1, -0.05) is 13.8 Å². The van der Waals surface area contributed by atoms with Crippen LogP contribution in [0.3, 0.4) is 0 Å². The first-order valence-corrected chi connectivity index (χ1v) is 7.61. The van der Waals surface area contributed by atoms with Gasteiger partial charge < -0.3 is 15.3 Å². The summed E-state index contributed by atoms with van der Waals surface area (Å²) in [5, 5.41) is 15.8. The topological polar surface area (TPSA) is 69.6 Å². The van der Waals surface area contributed by atoms with E-state index in [2.05, 4.69) is 5.32 Å². The summed E-state index contributed by atoms with van der Waals surface area (Å²) >= 11 is 1.62. The molecule has 0 saturated heterocycles. The van der Waals surface area contributed by atoms with Gasteiger partial charge in [0.15, 0.2) is 0 Å². The highest BCUT2D eigenvalue weighted by Crippen LogP contribution is 2.09. The van der Waals surface area contributed by atoms with Gasteiger partial charge in [0.2, 0.25) is 0 Å². The van der Waals surface area contributed by atoms with Crippen LogP contribution in [0.15, 0.2) is 16.8 Å². The lowest BCUT2D eigenvalue weighted by Crippen LogP contribution is -2.47. The molecule has 0 spiro atoms. The molecular formula is C14H22N2O3S. The summed E-state index contributed by atoms with van der Waals surface area (Å²) in [6, 6.07) is 1.68. The van der Waals surface area contributed by atoms with E-state index >= 15 is 0 Å². The van der Waals surface area contributed by atoms with E-state index in [1.54, 1.807) is 11.3 Å². The van der Waals surface area contributed by atoms with E-state index in [1.165, 1.54) is 10.5 Å². The van der Waals surface area contributed by atoms with Crippen LogP contribution in [0.4, 0.5) is 4.79 Å². The summed E-state index contributed by atoms with van der Waals surface area (Å²) in [5.74, 6) is -0.765. The van der Waals surface area contributed by atoms with E-state index < -0.39 is 5.97 Å². The molecule has 0 aliphatic rings. The number of urea groups is 1. The van der Waals surface area contributed by atoms with Gasteiger partial charge in [0.1, 0.15) is 6.54 Å². The average Bonchev–Trinajstić information content (AvgIpc) is 2.79. The normalized spacial score (nSPS) is 12.2. The summed E-state index contributed by atoms with van der Waals surface area (Å²) in [6.07, 6.45) is 0.748. The fraction of sp³-hybridized carbons (Fsp3) is 0.571. The second-order valence-corrected chi connectivity index (χ2v) is 6.13. The molecule has 0 bridgehead atoms. The highest BCUT2D eigenvalue weighted by molar-refractivity contribution is 7.07. The van der Waals surface area contributed by atoms with Gasteiger partial charge in [0.25, 0.3) is 0 Å². The number of rotatable bonds is 7. The van der Waals surface area contributed by atoms with E-state index in [4.69, 9.17) is 5.11 Å². The number of hydrogen-bond acceptors (Lipinski definition) is 3. The number of hydrogen-bond donors (Lipinski definition) is 2. The minimum atomic E-state index is -0.994. The minimum absolute atomic E-state index is 0.0273. The van der Waals surface area contributed by atoms with E-state index in [1.807, 2.05) is 37.6 Å². The Bertz CT molecular complexity index is 432. The predicted molar refractivity (Wildman–Crippen MR) is 80.1 cm³/mol. The quantitative estimate of drug-likeness (QED) is 0.812. The lowest BCUT2D eigenvalue weighted by molar-refractivity contribution is -0.137. The number of nitrogens with one attached hydrogen (secondary N) is 1. The lowest BCUT2D eigenvalue weighted by atomic mass is 10.1. The SMILES string of the molecule is CC(C)CN(CC(=O)O)C(=O)NC(C)Cc1ccsc1. The van der Waals surface area contributed by atoms with Crippen molar-refractivity contribution in [3.05, 3.63) is 22.4 Å². The number of amides is 2. The van der Waals surface area contributed by atoms with Crippen LogP contribution in [0.25, 0.3) is 0 Å². The van der Waals surface area contributed by atoms with Crippen molar-refractivity contribution in [2.75, 3.05) is 13.1 Å². The monoisotopic (exact) mass is 298 g/mol. The fourth-order valence-electron chi connectivity index (χ4n) is 1.94. The third-order valence-corrected chi connectivity index (χ3v) is 3.42. The van der Waals surface area contributed by atoms with Crippen molar-refractivity contribution < 1.29 is 14.7 Å². The molecule has 2 N–H and O–H groups in total. The molecule has 1 rings (SSSR count). The van der Waals surface area contributed by atoms with Crippen molar-refractivity contribution in [1.29, 1.82) is 0 Å². The molecule has 112 valence electrons. The molecule has 1 atom stereocenters. The van der Waals surface area contributed by atoms with E-state index in [0.717, 1.165) is 6.42 Å². The number of carbonyl (C=O) groups excluding carboxylic acids is 1. The molecule has 1 heterocycles. The second kappa shape index (κ2) is 7.89. The van der Waals surface area contributed by atoms with Gasteiger partial charge in [-0.2, -0.15) is 11.3 Å². The van der Waals surface area contributed by atoms with Gasteiger partial charge >= 0.3 is 12.0 Å². The van der Waals surface area contributed by atoms with Crippen molar-refractivity contribution in [2.45, 2.75) is 33.2 Å². The molecule has 0 aliphatic heterocycles. The second-order valence-electron chi connectivity index (χ2n) is 5.35. The van der Waals surface area contributed by atoms with Gasteiger partial charge in [-0.3, -0.25) is 4.79 Å². The number of carbonyl (C=O) groups is 2. The average molecular weight is 298 g/mol. The van der Waals surface area contributed by atoms with Crippen LogP contribution in [0.1, 0.15) is 26.3 Å². The molecule has 0 fully saturated rings. The number of carboxylic acid groups (broad SMARTS) is 1. The predicted octanol–water partition coefficient (Wildman–Crippen LogP) is 2.43. The van der Waals surface area contributed by atoms with Crippen LogP contribution in [0, 0.1) is 5.92 Å². The van der Waals surface area contributed by atoms with Crippen molar-refractivity contribution in [3.63, 3.8) is 0 Å². The summed E-state index contributed by atoms with van der Waals surface area (Å²) in [5.41, 5.74) is 1.18. The molecule has 0 aliphatic carbocycles. The highest BCUT2D eigenvalue weighted by atomic mass is 32.1. The Kier molecular flexibility index (Phi) is 6.51. The molecule has 5 nitrogen and oxygen atoms in total. The number of aliphatic carboxylic acids is 1. The Labute approximate surface area is 123 Å². The summed E-state index contributed by atoms with van der Waals surface area (Å²) in [4.78, 5) is 24.3. The first kappa shape index (κ1) is 16.5. The number of thiophene rings is 1. The maximum absolute atomic E-state index is 12.1. The van der Waals surface area contributed by atoms with Gasteiger partial charge in [-0.05, 0) is 41.7 Å². The van der Waals surface area contributed by atoms with Crippen molar-refractivity contribution >= 4 is 23.3 Å². The molecule has 1 unspecified atom stereocenters. The maximum Gasteiger partial charge on any atom is 0.323 e. The van der Waals surface area contributed by atoms with Gasteiger partial charge in [0.05, 0.1) is 0 Å². The Hall–Kier alpha value is -1.56. The molecule has 0 radical (unpaired) electrons. The van der Waals surface area contributed by atoms with Crippen LogP contribution in [0.5, 0.6) is 0 Å². The number of nitrogens with zero attached hydrogens (tertiary/aromatic N) is 1. The van der Waals surface area contributed by atoms with Crippen LogP contribution < -0.4 is 5.32 Å². The van der Waals surface area contributed by atoms with Crippen LogP contribution in [-0.4, -0.2) is 41.1 Å². The maximum atomic E-state index is 12.1. The molecular weight excluding hydrogens is 276 g/mol. The zero-order valence-corrected chi connectivity index (χ0v) is 12.9. The summed E-state index contributed by atoms with van der Waals surface area (Å²) in [7, 11) is 0. The van der Waals surface area contributed by atoms with E-state index in [-0.39, 0.29) is 24.5 Å². The molecule has 1 aromatic rings. The van der Waals surface area contributed by atoms with Crippen molar-refractivity contribution in [1.82, 2.24) is 10.2 Å². The smallest absolute Gasteiger partial charge is 0.323 e. The largest absolute Gasteiger partial charge is 0.480 e. The van der Waals surface area contributed by atoms with Gasteiger partial charge in [-0.25, -0.2) is 4.79 Å². The molecule has 2 amide bonds. The first-order chi connectivity index (χ1) is 9.38. The van der Waals surface area contributed by atoms with Gasteiger partial charge in [0, 0.05) is 12.6 Å². The van der Waals surface area contributed by atoms with Crippen molar-refractivity contribution in [3.8, 4) is 0 Å². The molecule has 6 heteroatoms. The summed E-state index contributed by atoms with van der Waals surface area (Å²) < 4.78 is 0. The zero-order chi connectivity index (χ0) is 15.1. The molecule has 0 saturated carbocycles. The Balaban J connectivity index is 2.53. The number of carboxylic acids is 1. The Morgan fingerprint density at radius 1 is 1.40 bits per heavy atom. The summed E-state index contributed by atoms with van der Waals surface area (Å²) in [6.45, 7) is 6.00. The first-order valence-electron chi connectivity index (χ1n) is 6.66. The third kappa shape index (κ3) is 6.06. The Morgan fingerprint density at radius 3 is 2.60 bits per heavy atom.